The third kappa shape index (κ3) is 0.903. The SMILES string of the molecule is FC1(CBr)OCCC12CCC2. The van der Waals surface area contributed by atoms with Gasteiger partial charge in [0.15, 0.2) is 0 Å². The Morgan fingerprint density at radius 1 is 1.36 bits per heavy atom. The van der Waals surface area contributed by atoms with Gasteiger partial charge in [-0.1, -0.05) is 22.4 Å². The first-order chi connectivity index (χ1) is 5.22. The molecular formula is C8H12BrFO. The third-order valence-electron chi connectivity index (χ3n) is 3.19. The van der Waals surface area contributed by atoms with E-state index in [2.05, 4.69) is 15.9 Å². The van der Waals surface area contributed by atoms with Crippen molar-refractivity contribution in [1.29, 1.82) is 0 Å². The van der Waals surface area contributed by atoms with E-state index in [1.807, 2.05) is 0 Å². The molecule has 2 rings (SSSR count). The first-order valence-electron chi connectivity index (χ1n) is 4.11. The van der Waals surface area contributed by atoms with Crippen molar-refractivity contribution in [1.82, 2.24) is 0 Å². The van der Waals surface area contributed by atoms with Gasteiger partial charge in [0, 0.05) is 5.41 Å². The van der Waals surface area contributed by atoms with Gasteiger partial charge in [-0.3, -0.25) is 0 Å². The molecule has 1 aliphatic heterocycles. The van der Waals surface area contributed by atoms with Gasteiger partial charge in [-0.05, 0) is 19.3 Å². The number of halogens is 2. The lowest BCUT2D eigenvalue weighted by Crippen LogP contribution is -2.47. The second kappa shape index (κ2) is 2.43. The Morgan fingerprint density at radius 2 is 2.09 bits per heavy atom. The first-order valence-corrected chi connectivity index (χ1v) is 5.23. The van der Waals surface area contributed by atoms with Crippen LogP contribution in [0.3, 0.4) is 0 Å². The fourth-order valence-corrected chi connectivity index (χ4v) is 2.91. The summed E-state index contributed by atoms with van der Waals surface area (Å²) in [6, 6.07) is 0. The van der Waals surface area contributed by atoms with E-state index in [0.29, 0.717) is 11.9 Å². The van der Waals surface area contributed by atoms with Crippen LogP contribution in [0.15, 0.2) is 0 Å². The second-order valence-electron chi connectivity index (χ2n) is 3.59. The molecule has 2 aliphatic rings. The smallest absolute Gasteiger partial charge is 0.224 e. The molecule has 64 valence electrons. The van der Waals surface area contributed by atoms with Crippen molar-refractivity contribution in [2.45, 2.75) is 31.5 Å². The van der Waals surface area contributed by atoms with E-state index in [4.69, 9.17) is 4.74 Å². The molecule has 0 amide bonds. The lowest BCUT2D eigenvalue weighted by molar-refractivity contribution is -0.173. The van der Waals surface area contributed by atoms with E-state index in [0.717, 1.165) is 19.3 Å². The average Bonchev–Trinajstić information content (AvgIpc) is 2.27. The van der Waals surface area contributed by atoms with Crippen molar-refractivity contribution < 1.29 is 9.13 Å². The van der Waals surface area contributed by atoms with E-state index in [-0.39, 0.29) is 5.41 Å². The maximum Gasteiger partial charge on any atom is 0.224 e. The molecule has 1 saturated carbocycles. The Balaban J connectivity index is 2.19. The Bertz CT molecular complexity index is 160. The average molecular weight is 223 g/mol. The Kier molecular flexibility index (Phi) is 1.76. The summed E-state index contributed by atoms with van der Waals surface area (Å²) in [6.45, 7) is 0.599. The molecule has 0 aromatic heterocycles. The predicted molar refractivity (Wildman–Crippen MR) is 44.5 cm³/mol. The van der Waals surface area contributed by atoms with Gasteiger partial charge in [-0.25, -0.2) is 4.39 Å². The summed E-state index contributed by atoms with van der Waals surface area (Å²) in [5.41, 5.74) is -0.115. The van der Waals surface area contributed by atoms with Gasteiger partial charge in [0.1, 0.15) is 0 Å². The maximum atomic E-state index is 13.9. The highest BCUT2D eigenvalue weighted by molar-refractivity contribution is 9.09. The summed E-state index contributed by atoms with van der Waals surface area (Å²) >= 11 is 3.18. The molecule has 11 heavy (non-hydrogen) atoms. The molecule has 1 unspecified atom stereocenters. The Labute approximate surface area is 74.4 Å². The van der Waals surface area contributed by atoms with Crippen molar-refractivity contribution in [3.05, 3.63) is 0 Å². The minimum atomic E-state index is -1.36. The summed E-state index contributed by atoms with van der Waals surface area (Å²) in [7, 11) is 0. The van der Waals surface area contributed by atoms with E-state index in [9.17, 15) is 4.39 Å². The standard InChI is InChI=1S/C8H12BrFO/c9-6-8(10)7(2-1-3-7)4-5-11-8/h1-6H2. The number of rotatable bonds is 1. The third-order valence-corrected chi connectivity index (χ3v) is 3.91. The summed E-state index contributed by atoms with van der Waals surface area (Å²) in [4.78, 5) is 0. The molecular weight excluding hydrogens is 211 g/mol. The lowest BCUT2D eigenvalue weighted by atomic mass is 9.64. The molecule has 0 aromatic carbocycles. The predicted octanol–water partition coefficient (Wildman–Crippen LogP) is 2.64. The fourth-order valence-electron chi connectivity index (χ4n) is 2.16. The highest BCUT2D eigenvalue weighted by atomic mass is 79.9. The molecule has 1 spiro atoms. The molecule has 1 heterocycles. The van der Waals surface area contributed by atoms with Crippen molar-refractivity contribution in [3.8, 4) is 0 Å². The minimum Gasteiger partial charge on any atom is -0.345 e. The molecule has 3 heteroatoms. The molecule has 1 nitrogen and oxygen atoms in total. The van der Waals surface area contributed by atoms with Crippen LogP contribution >= 0.6 is 15.9 Å². The molecule has 0 bridgehead atoms. The lowest BCUT2D eigenvalue weighted by Gasteiger charge is -2.44. The Morgan fingerprint density at radius 3 is 2.45 bits per heavy atom. The number of ether oxygens (including phenoxy) is 1. The molecule has 2 fully saturated rings. The fraction of sp³-hybridized carbons (Fsp3) is 1.00. The van der Waals surface area contributed by atoms with E-state index in [1.54, 1.807) is 0 Å². The molecule has 0 radical (unpaired) electrons. The largest absolute Gasteiger partial charge is 0.345 e. The van der Waals surface area contributed by atoms with Crippen LogP contribution in [-0.2, 0) is 4.74 Å². The van der Waals surface area contributed by atoms with Crippen molar-refractivity contribution in [2.75, 3.05) is 11.9 Å². The summed E-state index contributed by atoms with van der Waals surface area (Å²) in [5, 5.41) is 0.333. The van der Waals surface area contributed by atoms with Crippen LogP contribution in [0.4, 0.5) is 4.39 Å². The van der Waals surface area contributed by atoms with E-state index in [1.165, 1.54) is 6.42 Å². The van der Waals surface area contributed by atoms with Gasteiger partial charge in [-0.2, -0.15) is 0 Å². The minimum absolute atomic E-state index is 0.115. The van der Waals surface area contributed by atoms with Crippen LogP contribution in [0.5, 0.6) is 0 Å². The Hall–Kier alpha value is 0.370. The van der Waals surface area contributed by atoms with Crippen molar-refractivity contribution >= 4 is 15.9 Å². The first kappa shape index (κ1) is 7.99. The van der Waals surface area contributed by atoms with Gasteiger partial charge in [-0.15, -0.1) is 0 Å². The van der Waals surface area contributed by atoms with Gasteiger partial charge in [0.05, 0.1) is 11.9 Å². The number of hydrogen-bond donors (Lipinski definition) is 0. The van der Waals surface area contributed by atoms with Crippen LogP contribution in [-0.4, -0.2) is 17.8 Å². The highest BCUT2D eigenvalue weighted by Crippen LogP contribution is 2.58. The monoisotopic (exact) mass is 222 g/mol. The second-order valence-corrected chi connectivity index (χ2v) is 4.16. The van der Waals surface area contributed by atoms with Gasteiger partial charge in [0.25, 0.3) is 0 Å². The zero-order chi connectivity index (χ0) is 7.95. The van der Waals surface area contributed by atoms with Gasteiger partial charge < -0.3 is 4.74 Å². The quantitative estimate of drug-likeness (QED) is 0.621. The topological polar surface area (TPSA) is 9.23 Å². The number of alkyl halides is 2. The molecule has 1 atom stereocenters. The van der Waals surface area contributed by atoms with Crippen LogP contribution in [0, 0.1) is 5.41 Å². The zero-order valence-electron chi connectivity index (χ0n) is 6.41. The summed E-state index contributed by atoms with van der Waals surface area (Å²) in [5.74, 6) is -1.36. The van der Waals surface area contributed by atoms with Crippen LogP contribution in [0.25, 0.3) is 0 Å². The molecule has 0 N–H and O–H groups in total. The van der Waals surface area contributed by atoms with Gasteiger partial charge >= 0.3 is 0 Å². The van der Waals surface area contributed by atoms with E-state index < -0.39 is 5.85 Å². The normalized spacial score (nSPS) is 40.9. The molecule has 0 aromatic rings. The van der Waals surface area contributed by atoms with Crippen LogP contribution in [0.1, 0.15) is 25.7 Å². The van der Waals surface area contributed by atoms with Crippen molar-refractivity contribution in [2.24, 2.45) is 5.41 Å². The zero-order valence-corrected chi connectivity index (χ0v) is 7.99. The van der Waals surface area contributed by atoms with E-state index >= 15 is 0 Å². The number of hydrogen-bond acceptors (Lipinski definition) is 1. The van der Waals surface area contributed by atoms with Crippen LogP contribution < -0.4 is 0 Å². The van der Waals surface area contributed by atoms with Gasteiger partial charge in [0.2, 0.25) is 5.85 Å². The molecule has 1 saturated heterocycles. The van der Waals surface area contributed by atoms with Crippen LogP contribution in [0.2, 0.25) is 0 Å². The molecule has 1 aliphatic carbocycles. The van der Waals surface area contributed by atoms with Crippen molar-refractivity contribution in [3.63, 3.8) is 0 Å². The summed E-state index contributed by atoms with van der Waals surface area (Å²) < 4.78 is 19.0. The highest BCUT2D eigenvalue weighted by Gasteiger charge is 2.59. The maximum absolute atomic E-state index is 13.9. The summed E-state index contributed by atoms with van der Waals surface area (Å²) in [6.07, 6.45) is 4.10.